The van der Waals surface area contributed by atoms with Crippen molar-refractivity contribution in [1.82, 2.24) is 15.8 Å². The van der Waals surface area contributed by atoms with Gasteiger partial charge in [-0.2, -0.15) is 0 Å². The quantitative estimate of drug-likeness (QED) is 0.710. The van der Waals surface area contributed by atoms with Crippen molar-refractivity contribution >= 4 is 17.6 Å². The van der Waals surface area contributed by atoms with E-state index in [0.29, 0.717) is 0 Å². The summed E-state index contributed by atoms with van der Waals surface area (Å²) in [6.45, 7) is 1.57. The summed E-state index contributed by atoms with van der Waals surface area (Å²) < 4.78 is 0. The Morgan fingerprint density at radius 3 is 2.61 bits per heavy atom. The first kappa shape index (κ1) is 12.3. The average molecular weight is 247 g/mol. The maximum Gasteiger partial charge on any atom is 0.308 e. The summed E-state index contributed by atoms with van der Waals surface area (Å²) in [7, 11) is 0. The van der Waals surface area contributed by atoms with Crippen LogP contribution in [0.25, 0.3) is 0 Å². The zero-order chi connectivity index (χ0) is 13.1. The molecule has 2 amide bonds. The van der Waals surface area contributed by atoms with E-state index < -0.39 is 17.9 Å². The van der Waals surface area contributed by atoms with Crippen molar-refractivity contribution in [3.63, 3.8) is 0 Å². The van der Waals surface area contributed by atoms with Gasteiger partial charge in [-0.3, -0.25) is 19.4 Å². The average Bonchev–Trinajstić information content (AvgIpc) is 2.58. The Morgan fingerprint density at radius 1 is 1.33 bits per heavy atom. The largest absolute Gasteiger partial charge is 0.333 e. The summed E-state index contributed by atoms with van der Waals surface area (Å²) in [6.07, 6.45) is -0.960. The van der Waals surface area contributed by atoms with Crippen molar-refractivity contribution in [2.45, 2.75) is 19.6 Å². The highest BCUT2D eigenvalue weighted by molar-refractivity contribution is 6.39. The van der Waals surface area contributed by atoms with Gasteiger partial charge in [0.05, 0.1) is 6.54 Å². The van der Waals surface area contributed by atoms with Gasteiger partial charge < -0.3 is 5.32 Å². The molecule has 1 atom stereocenters. The first-order chi connectivity index (χ1) is 8.58. The molecule has 0 saturated carbocycles. The van der Waals surface area contributed by atoms with Gasteiger partial charge in [0.2, 0.25) is 5.91 Å². The summed E-state index contributed by atoms with van der Waals surface area (Å²) in [6, 6.07) is 9.27. The fourth-order valence-electron chi connectivity index (χ4n) is 1.71. The minimum absolute atomic E-state index is 0.279. The van der Waals surface area contributed by atoms with Crippen molar-refractivity contribution < 1.29 is 14.4 Å². The molecule has 1 aromatic carbocycles. The van der Waals surface area contributed by atoms with Gasteiger partial charge in [0, 0.05) is 6.92 Å². The molecule has 6 nitrogen and oxygen atoms in total. The number of benzene rings is 1. The van der Waals surface area contributed by atoms with Gasteiger partial charge in [-0.1, -0.05) is 30.3 Å². The Kier molecular flexibility index (Phi) is 3.38. The van der Waals surface area contributed by atoms with Gasteiger partial charge in [-0.05, 0) is 5.56 Å². The fraction of sp³-hybridized carbons (Fsp3) is 0.250. The Bertz CT molecular complexity index is 487. The van der Waals surface area contributed by atoms with E-state index in [1.807, 2.05) is 30.3 Å². The molecule has 1 unspecified atom stereocenters. The minimum Gasteiger partial charge on any atom is -0.333 e. The van der Waals surface area contributed by atoms with Crippen molar-refractivity contribution in [3.05, 3.63) is 35.9 Å². The molecule has 0 aromatic heterocycles. The second kappa shape index (κ2) is 4.97. The van der Waals surface area contributed by atoms with Gasteiger partial charge in [0.15, 0.2) is 6.17 Å². The van der Waals surface area contributed by atoms with E-state index in [0.717, 1.165) is 5.56 Å². The second-order valence-corrected chi connectivity index (χ2v) is 4.00. The number of hydrazine groups is 1. The van der Waals surface area contributed by atoms with Gasteiger partial charge >= 0.3 is 5.91 Å². The minimum atomic E-state index is -0.960. The van der Waals surface area contributed by atoms with E-state index in [1.54, 1.807) is 0 Å². The molecule has 1 aliphatic rings. The van der Waals surface area contributed by atoms with Crippen LogP contribution in [-0.4, -0.2) is 28.8 Å². The molecule has 0 spiro atoms. The number of carbonyl (C=O) groups is 3. The zero-order valence-electron chi connectivity index (χ0n) is 9.84. The zero-order valence-corrected chi connectivity index (χ0v) is 9.84. The Labute approximate surface area is 104 Å². The lowest BCUT2D eigenvalue weighted by Gasteiger charge is -2.16. The lowest BCUT2D eigenvalue weighted by molar-refractivity contribution is -0.141. The highest BCUT2D eigenvalue weighted by atomic mass is 16.2. The highest BCUT2D eigenvalue weighted by Crippen LogP contribution is 2.08. The van der Waals surface area contributed by atoms with Crippen LogP contribution in [0.5, 0.6) is 0 Å². The predicted molar refractivity (Wildman–Crippen MR) is 62.7 cm³/mol. The maximum atomic E-state index is 11.7. The van der Waals surface area contributed by atoms with Gasteiger partial charge in [-0.15, -0.1) is 0 Å². The molecular weight excluding hydrogens is 234 g/mol. The standard InChI is InChI=1S/C12H13N3O3/c1-8(16)13-11-10(17)12(18)15(14-11)7-9-5-3-2-4-6-9/h2-6,11,14H,7H2,1H3,(H,13,16). The smallest absolute Gasteiger partial charge is 0.308 e. The van der Waals surface area contributed by atoms with E-state index in [9.17, 15) is 14.4 Å². The van der Waals surface area contributed by atoms with Crippen LogP contribution in [0.2, 0.25) is 0 Å². The molecule has 1 fully saturated rings. The van der Waals surface area contributed by atoms with Crippen molar-refractivity contribution in [2.75, 3.05) is 0 Å². The van der Waals surface area contributed by atoms with Gasteiger partial charge in [0.25, 0.3) is 5.78 Å². The van der Waals surface area contributed by atoms with Crippen LogP contribution in [0.15, 0.2) is 30.3 Å². The third kappa shape index (κ3) is 2.54. The first-order valence-corrected chi connectivity index (χ1v) is 5.51. The molecule has 2 rings (SSSR count). The number of rotatable bonds is 3. The summed E-state index contributed by atoms with van der Waals surface area (Å²) in [5, 5.41) is 3.58. The van der Waals surface area contributed by atoms with E-state index in [-0.39, 0.29) is 12.5 Å². The number of hydrogen-bond acceptors (Lipinski definition) is 4. The Hall–Kier alpha value is -2.21. The van der Waals surface area contributed by atoms with Gasteiger partial charge in [0.1, 0.15) is 0 Å². The molecular formula is C12H13N3O3. The molecule has 0 bridgehead atoms. The molecule has 1 aliphatic heterocycles. The third-order valence-electron chi connectivity index (χ3n) is 2.53. The number of nitrogens with one attached hydrogen (secondary N) is 2. The SMILES string of the molecule is CC(=O)NC1NN(Cc2ccccc2)C(=O)C1=O. The molecule has 94 valence electrons. The normalized spacial score (nSPS) is 19.2. The summed E-state index contributed by atoms with van der Waals surface area (Å²) in [4.78, 5) is 34.1. The third-order valence-corrected chi connectivity index (χ3v) is 2.53. The van der Waals surface area contributed by atoms with Gasteiger partial charge in [-0.25, -0.2) is 5.43 Å². The van der Waals surface area contributed by atoms with Crippen LogP contribution >= 0.6 is 0 Å². The van der Waals surface area contributed by atoms with Crippen LogP contribution < -0.4 is 10.7 Å². The van der Waals surface area contributed by atoms with Crippen LogP contribution in [0.3, 0.4) is 0 Å². The van der Waals surface area contributed by atoms with E-state index in [4.69, 9.17) is 0 Å². The molecule has 0 radical (unpaired) electrons. The lowest BCUT2D eigenvalue weighted by atomic mass is 10.2. The van der Waals surface area contributed by atoms with Crippen LogP contribution in [0.4, 0.5) is 0 Å². The number of carbonyl (C=O) groups excluding carboxylic acids is 3. The highest BCUT2D eigenvalue weighted by Gasteiger charge is 2.38. The number of hydrogen-bond donors (Lipinski definition) is 2. The summed E-state index contributed by atoms with van der Waals surface area (Å²) in [5.74, 6) is -1.66. The molecule has 1 aromatic rings. The summed E-state index contributed by atoms with van der Waals surface area (Å²) >= 11 is 0. The Morgan fingerprint density at radius 2 is 2.00 bits per heavy atom. The number of nitrogens with zero attached hydrogens (tertiary/aromatic N) is 1. The lowest BCUT2D eigenvalue weighted by Crippen LogP contribution is -2.47. The van der Waals surface area contributed by atoms with E-state index in [2.05, 4.69) is 10.7 Å². The van der Waals surface area contributed by atoms with E-state index >= 15 is 0 Å². The number of Topliss-reactive ketones (excluding diaryl/α,β-unsaturated/α-hetero) is 1. The second-order valence-electron chi connectivity index (χ2n) is 4.00. The monoisotopic (exact) mass is 247 g/mol. The molecule has 1 saturated heterocycles. The molecule has 1 heterocycles. The van der Waals surface area contributed by atoms with Crippen LogP contribution in [0, 0.1) is 0 Å². The van der Waals surface area contributed by atoms with Crippen molar-refractivity contribution in [1.29, 1.82) is 0 Å². The predicted octanol–water partition coefficient (Wildman–Crippen LogP) is -0.435. The fourth-order valence-corrected chi connectivity index (χ4v) is 1.71. The van der Waals surface area contributed by atoms with Crippen molar-refractivity contribution in [2.24, 2.45) is 0 Å². The molecule has 0 aliphatic carbocycles. The number of amides is 2. The molecule has 2 N–H and O–H groups in total. The molecule has 18 heavy (non-hydrogen) atoms. The Balaban J connectivity index is 2.05. The number of ketones is 1. The maximum absolute atomic E-state index is 11.7. The summed E-state index contributed by atoms with van der Waals surface area (Å²) in [5.41, 5.74) is 3.57. The van der Waals surface area contributed by atoms with E-state index in [1.165, 1.54) is 11.9 Å². The van der Waals surface area contributed by atoms with Crippen molar-refractivity contribution in [3.8, 4) is 0 Å². The van der Waals surface area contributed by atoms with Crippen LogP contribution in [0.1, 0.15) is 12.5 Å². The van der Waals surface area contributed by atoms with Crippen LogP contribution in [-0.2, 0) is 20.9 Å². The topological polar surface area (TPSA) is 78.5 Å². The molecule has 6 heteroatoms. The first-order valence-electron chi connectivity index (χ1n) is 5.51.